The number of guanidine groups is 1. The fourth-order valence-electron chi connectivity index (χ4n) is 3.15. The maximum absolute atomic E-state index is 5.97. The number of likely N-dealkylation sites (tertiary alicyclic amines) is 1. The molecular weight excluding hydrogens is 272 g/mol. The molecule has 2 rings (SSSR count). The molecule has 0 aromatic heterocycles. The van der Waals surface area contributed by atoms with Crippen molar-refractivity contribution in [1.29, 1.82) is 0 Å². The molecule has 3 N–H and O–H groups in total. The predicted molar refractivity (Wildman–Crippen MR) is 94.1 cm³/mol. The van der Waals surface area contributed by atoms with Crippen molar-refractivity contribution in [2.45, 2.75) is 51.6 Å². The van der Waals surface area contributed by atoms with E-state index in [1.165, 1.54) is 31.4 Å². The molecular formula is C18H30N4. The van der Waals surface area contributed by atoms with E-state index in [-0.39, 0.29) is 0 Å². The van der Waals surface area contributed by atoms with Gasteiger partial charge in [-0.05, 0) is 45.2 Å². The van der Waals surface area contributed by atoms with Crippen LogP contribution in [0, 0.1) is 0 Å². The lowest BCUT2D eigenvalue weighted by Gasteiger charge is -2.37. The van der Waals surface area contributed by atoms with Gasteiger partial charge < -0.3 is 11.1 Å². The van der Waals surface area contributed by atoms with E-state index in [0.717, 1.165) is 19.5 Å². The van der Waals surface area contributed by atoms with E-state index in [1.54, 1.807) is 0 Å². The van der Waals surface area contributed by atoms with E-state index in [0.29, 0.717) is 18.0 Å². The lowest BCUT2D eigenvalue weighted by atomic mass is 10.0. The Kier molecular flexibility index (Phi) is 6.72. The van der Waals surface area contributed by atoms with Crippen LogP contribution >= 0.6 is 0 Å². The number of rotatable bonds is 6. The molecule has 1 saturated heterocycles. The van der Waals surface area contributed by atoms with Gasteiger partial charge in [-0.25, -0.2) is 0 Å². The van der Waals surface area contributed by atoms with Gasteiger partial charge in [-0.3, -0.25) is 9.89 Å². The molecule has 0 spiro atoms. The number of aliphatic imine (C=N–C) groups is 1. The molecule has 0 aliphatic carbocycles. The maximum atomic E-state index is 5.97. The number of nitrogens with one attached hydrogen (secondary N) is 1. The summed E-state index contributed by atoms with van der Waals surface area (Å²) < 4.78 is 0. The summed E-state index contributed by atoms with van der Waals surface area (Å²) in [5.74, 6) is 0.562. The Balaban J connectivity index is 1.70. The van der Waals surface area contributed by atoms with Crippen LogP contribution in [0.15, 0.2) is 35.3 Å². The zero-order chi connectivity index (χ0) is 15.8. The highest BCUT2D eigenvalue weighted by molar-refractivity contribution is 5.77. The summed E-state index contributed by atoms with van der Waals surface area (Å²) in [6.07, 6.45) is 4.94. The quantitative estimate of drug-likeness (QED) is 0.627. The summed E-state index contributed by atoms with van der Waals surface area (Å²) in [5.41, 5.74) is 7.29. The number of piperidine rings is 1. The minimum absolute atomic E-state index is 0.463. The van der Waals surface area contributed by atoms with E-state index in [2.05, 4.69) is 53.3 Å². The average Bonchev–Trinajstić information content (AvgIpc) is 2.54. The number of nitrogens with zero attached hydrogens (tertiary/aromatic N) is 2. The standard InChI is InChI=1S/C18H30N4/c1-15-8-6-7-13-22(15)16(2)14-21-18(19)20-12-11-17-9-4-3-5-10-17/h3-5,9-10,15-16H,6-8,11-14H2,1-2H3,(H3,19,20,21). The van der Waals surface area contributed by atoms with E-state index >= 15 is 0 Å². The van der Waals surface area contributed by atoms with Gasteiger partial charge >= 0.3 is 0 Å². The first-order valence-electron chi connectivity index (χ1n) is 8.50. The first-order chi connectivity index (χ1) is 10.7. The zero-order valence-corrected chi connectivity index (χ0v) is 14.0. The minimum Gasteiger partial charge on any atom is -0.370 e. The molecule has 22 heavy (non-hydrogen) atoms. The molecule has 0 radical (unpaired) electrons. The highest BCUT2D eigenvalue weighted by Gasteiger charge is 2.22. The molecule has 0 bridgehead atoms. The Morgan fingerprint density at radius 1 is 1.36 bits per heavy atom. The van der Waals surface area contributed by atoms with Crippen molar-refractivity contribution in [3.63, 3.8) is 0 Å². The number of nitrogens with two attached hydrogens (primary N) is 1. The molecule has 1 aromatic rings. The summed E-state index contributed by atoms with van der Waals surface area (Å²) in [4.78, 5) is 7.07. The summed E-state index contributed by atoms with van der Waals surface area (Å²) in [5, 5.41) is 3.21. The summed E-state index contributed by atoms with van der Waals surface area (Å²) in [7, 11) is 0. The molecule has 0 saturated carbocycles. The van der Waals surface area contributed by atoms with Crippen LogP contribution in [-0.4, -0.2) is 42.6 Å². The van der Waals surface area contributed by atoms with Crippen molar-refractivity contribution in [2.75, 3.05) is 19.6 Å². The third kappa shape index (κ3) is 5.34. The predicted octanol–water partition coefficient (Wildman–Crippen LogP) is 2.40. The molecule has 122 valence electrons. The Morgan fingerprint density at radius 3 is 2.86 bits per heavy atom. The van der Waals surface area contributed by atoms with Gasteiger partial charge in [0.15, 0.2) is 5.96 Å². The van der Waals surface area contributed by atoms with Gasteiger partial charge in [0.25, 0.3) is 0 Å². The van der Waals surface area contributed by atoms with Crippen LogP contribution in [-0.2, 0) is 6.42 Å². The Morgan fingerprint density at radius 2 is 2.14 bits per heavy atom. The van der Waals surface area contributed by atoms with Gasteiger partial charge in [0.1, 0.15) is 0 Å². The van der Waals surface area contributed by atoms with Gasteiger partial charge in [0, 0.05) is 18.6 Å². The first-order valence-corrected chi connectivity index (χ1v) is 8.50. The Bertz CT molecular complexity index is 457. The summed E-state index contributed by atoms with van der Waals surface area (Å²) in [6.45, 7) is 7.37. The van der Waals surface area contributed by atoms with Crippen molar-refractivity contribution in [3.8, 4) is 0 Å². The molecule has 4 nitrogen and oxygen atoms in total. The molecule has 4 heteroatoms. The molecule has 2 atom stereocenters. The van der Waals surface area contributed by atoms with E-state index in [9.17, 15) is 0 Å². The van der Waals surface area contributed by atoms with E-state index < -0.39 is 0 Å². The van der Waals surface area contributed by atoms with Crippen molar-refractivity contribution in [1.82, 2.24) is 10.2 Å². The Hall–Kier alpha value is -1.55. The molecule has 1 fully saturated rings. The minimum atomic E-state index is 0.463. The van der Waals surface area contributed by atoms with E-state index in [4.69, 9.17) is 5.73 Å². The van der Waals surface area contributed by atoms with Crippen molar-refractivity contribution in [3.05, 3.63) is 35.9 Å². The fraction of sp³-hybridized carbons (Fsp3) is 0.611. The van der Waals surface area contributed by atoms with Gasteiger partial charge in [0.2, 0.25) is 0 Å². The van der Waals surface area contributed by atoms with Crippen LogP contribution in [0.4, 0.5) is 0 Å². The van der Waals surface area contributed by atoms with Crippen LogP contribution in [0.25, 0.3) is 0 Å². The fourth-order valence-corrected chi connectivity index (χ4v) is 3.15. The summed E-state index contributed by atoms with van der Waals surface area (Å²) in [6, 6.07) is 11.6. The third-order valence-electron chi connectivity index (χ3n) is 4.51. The largest absolute Gasteiger partial charge is 0.370 e. The SMILES string of the molecule is CC1CCCCN1C(C)CN=C(N)NCCc1ccccc1. The van der Waals surface area contributed by atoms with Gasteiger partial charge in [0.05, 0.1) is 6.54 Å². The number of hydrogen-bond acceptors (Lipinski definition) is 2. The number of hydrogen-bond donors (Lipinski definition) is 2. The molecule has 1 aliphatic heterocycles. The third-order valence-corrected chi connectivity index (χ3v) is 4.51. The second-order valence-corrected chi connectivity index (χ2v) is 6.32. The zero-order valence-electron chi connectivity index (χ0n) is 14.0. The lowest BCUT2D eigenvalue weighted by Crippen LogP contribution is -2.45. The molecule has 0 amide bonds. The highest BCUT2D eigenvalue weighted by Crippen LogP contribution is 2.18. The lowest BCUT2D eigenvalue weighted by molar-refractivity contribution is 0.118. The van der Waals surface area contributed by atoms with Crippen LogP contribution < -0.4 is 11.1 Å². The summed E-state index contributed by atoms with van der Waals surface area (Å²) >= 11 is 0. The Labute approximate surface area is 134 Å². The van der Waals surface area contributed by atoms with Crippen LogP contribution in [0.1, 0.15) is 38.7 Å². The second kappa shape index (κ2) is 8.79. The normalized spacial score (nSPS) is 21.5. The monoisotopic (exact) mass is 302 g/mol. The molecule has 2 unspecified atom stereocenters. The first kappa shape index (κ1) is 16.8. The van der Waals surface area contributed by atoms with Crippen LogP contribution in [0.3, 0.4) is 0 Å². The van der Waals surface area contributed by atoms with E-state index in [1.807, 2.05) is 6.07 Å². The van der Waals surface area contributed by atoms with Gasteiger partial charge in [-0.2, -0.15) is 0 Å². The average molecular weight is 302 g/mol. The smallest absolute Gasteiger partial charge is 0.188 e. The van der Waals surface area contributed by atoms with Crippen molar-refractivity contribution < 1.29 is 0 Å². The maximum Gasteiger partial charge on any atom is 0.188 e. The molecule has 1 aromatic carbocycles. The second-order valence-electron chi connectivity index (χ2n) is 6.32. The topological polar surface area (TPSA) is 53.6 Å². The van der Waals surface area contributed by atoms with Crippen molar-refractivity contribution >= 4 is 5.96 Å². The van der Waals surface area contributed by atoms with Crippen LogP contribution in [0.5, 0.6) is 0 Å². The van der Waals surface area contributed by atoms with Crippen LogP contribution in [0.2, 0.25) is 0 Å². The molecule has 1 heterocycles. The van der Waals surface area contributed by atoms with Crippen molar-refractivity contribution in [2.24, 2.45) is 10.7 Å². The highest BCUT2D eigenvalue weighted by atomic mass is 15.2. The molecule has 1 aliphatic rings. The number of benzene rings is 1. The van der Waals surface area contributed by atoms with Gasteiger partial charge in [-0.1, -0.05) is 36.8 Å². The van der Waals surface area contributed by atoms with Gasteiger partial charge in [-0.15, -0.1) is 0 Å².